The number of aromatic nitrogens is 2. The summed E-state index contributed by atoms with van der Waals surface area (Å²) < 4.78 is 7.73. The van der Waals surface area contributed by atoms with Gasteiger partial charge in [-0.05, 0) is 36.8 Å². The summed E-state index contributed by atoms with van der Waals surface area (Å²) in [6.07, 6.45) is 3.67. The lowest BCUT2D eigenvalue weighted by molar-refractivity contribution is 0.300. The van der Waals surface area contributed by atoms with Gasteiger partial charge in [0, 0.05) is 11.9 Å². The number of benzene rings is 1. The van der Waals surface area contributed by atoms with Gasteiger partial charge in [-0.3, -0.25) is 4.40 Å². The van der Waals surface area contributed by atoms with Crippen molar-refractivity contribution in [3.63, 3.8) is 0 Å². The van der Waals surface area contributed by atoms with Crippen molar-refractivity contribution >= 4 is 11.3 Å². The molecule has 4 heteroatoms. The summed E-state index contributed by atoms with van der Waals surface area (Å²) in [6.45, 7) is 2.51. The van der Waals surface area contributed by atoms with Crippen LogP contribution in [0.15, 0.2) is 48.8 Å². The third-order valence-electron chi connectivity index (χ3n) is 2.98. The Bertz CT molecular complexity index is 718. The van der Waals surface area contributed by atoms with E-state index in [9.17, 15) is 0 Å². The molecule has 0 aliphatic carbocycles. The van der Waals surface area contributed by atoms with Crippen LogP contribution in [0.25, 0.3) is 5.65 Å². The molecule has 0 spiro atoms. The Labute approximate surface area is 111 Å². The average molecular weight is 253 g/mol. The number of nitrogens with two attached hydrogens (primary N) is 1. The number of pyridine rings is 1. The lowest BCUT2D eigenvalue weighted by Gasteiger charge is -2.07. The first kappa shape index (κ1) is 11.6. The van der Waals surface area contributed by atoms with Gasteiger partial charge in [0.2, 0.25) is 0 Å². The van der Waals surface area contributed by atoms with Crippen LogP contribution in [0.3, 0.4) is 0 Å². The van der Waals surface area contributed by atoms with E-state index in [0.29, 0.717) is 12.3 Å². The van der Waals surface area contributed by atoms with Crippen molar-refractivity contribution in [3.05, 3.63) is 60.0 Å². The number of imidazole rings is 1. The molecule has 0 saturated heterocycles. The molecule has 0 radical (unpaired) electrons. The molecule has 2 heterocycles. The van der Waals surface area contributed by atoms with Crippen LogP contribution in [-0.4, -0.2) is 9.38 Å². The molecular weight excluding hydrogens is 238 g/mol. The van der Waals surface area contributed by atoms with Gasteiger partial charge in [-0.1, -0.05) is 12.1 Å². The standard InChI is InChI=1S/C15H15N3O/c1-11-3-2-4-14(7-11)19-10-13-8-17-15-6-5-12(16)9-18(13)15/h2-9H,10,16H2,1H3. The molecule has 0 atom stereocenters. The minimum absolute atomic E-state index is 0.466. The smallest absolute Gasteiger partial charge is 0.137 e. The van der Waals surface area contributed by atoms with Crippen LogP contribution >= 0.6 is 0 Å². The highest BCUT2D eigenvalue weighted by atomic mass is 16.5. The molecule has 0 amide bonds. The van der Waals surface area contributed by atoms with E-state index in [0.717, 1.165) is 17.1 Å². The van der Waals surface area contributed by atoms with E-state index in [2.05, 4.69) is 4.98 Å². The molecule has 0 aliphatic rings. The summed E-state index contributed by atoms with van der Waals surface area (Å²) in [7, 11) is 0. The van der Waals surface area contributed by atoms with Crippen LogP contribution in [0.1, 0.15) is 11.3 Å². The van der Waals surface area contributed by atoms with Crippen molar-refractivity contribution in [2.24, 2.45) is 0 Å². The molecule has 1 aromatic carbocycles. The summed E-state index contributed by atoms with van der Waals surface area (Å²) in [6, 6.07) is 11.7. The molecule has 0 unspecified atom stereocenters. The van der Waals surface area contributed by atoms with Crippen molar-refractivity contribution in [1.82, 2.24) is 9.38 Å². The summed E-state index contributed by atoms with van der Waals surface area (Å²) in [5, 5.41) is 0. The van der Waals surface area contributed by atoms with Crippen molar-refractivity contribution < 1.29 is 4.74 Å². The van der Waals surface area contributed by atoms with E-state index in [1.807, 2.05) is 60.1 Å². The lowest BCUT2D eigenvalue weighted by Crippen LogP contribution is -2.00. The Kier molecular flexibility index (Phi) is 2.83. The van der Waals surface area contributed by atoms with E-state index in [4.69, 9.17) is 10.5 Å². The van der Waals surface area contributed by atoms with Crippen LogP contribution in [0.2, 0.25) is 0 Å². The van der Waals surface area contributed by atoms with Gasteiger partial charge >= 0.3 is 0 Å². The lowest BCUT2D eigenvalue weighted by atomic mass is 10.2. The van der Waals surface area contributed by atoms with E-state index < -0.39 is 0 Å². The largest absolute Gasteiger partial charge is 0.487 e. The fourth-order valence-electron chi connectivity index (χ4n) is 2.02. The molecule has 0 bridgehead atoms. The van der Waals surface area contributed by atoms with Crippen molar-refractivity contribution in [1.29, 1.82) is 0 Å². The summed E-state index contributed by atoms with van der Waals surface area (Å²) in [5.41, 5.74) is 9.53. The van der Waals surface area contributed by atoms with Crippen molar-refractivity contribution in [2.75, 3.05) is 5.73 Å². The zero-order valence-corrected chi connectivity index (χ0v) is 10.7. The molecule has 3 aromatic rings. The Morgan fingerprint density at radius 1 is 1.26 bits per heavy atom. The molecule has 4 nitrogen and oxygen atoms in total. The highest BCUT2D eigenvalue weighted by molar-refractivity contribution is 5.48. The van der Waals surface area contributed by atoms with Gasteiger partial charge in [-0.15, -0.1) is 0 Å². The van der Waals surface area contributed by atoms with Gasteiger partial charge in [0.15, 0.2) is 0 Å². The maximum atomic E-state index is 5.79. The van der Waals surface area contributed by atoms with Crippen LogP contribution in [0.4, 0.5) is 5.69 Å². The number of hydrogen-bond donors (Lipinski definition) is 1. The van der Waals surface area contributed by atoms with E-state index in [1.54, 1.807) is 0 Å². The predicted molar refractivity (Wildman–Crippen MR) is 75.1 cm³/mol. The number of rotatable bonds is 3. The quantitative estimate of drug-likeness (QED) is 0.781. The Morgan fingerprint density at radius 3 is 3.00 bits per heavy atom. The second kappa shape index (κ2) is 4.65. The summed E-state index contributed by atoms with van der Waals surface area (Å²) in [5.74, 6) is 0.860. The average Bonchev–Trinajstić information content (AvgIpc) is 2.79. The maximum Gasteiger partial charge on any atom is 0.137 e. The molecule has 3 rings (SSSR count). The maximum absolute atomic E-state index is 5.79. The third-order valence-corrected chi connectivity index (χ3v) is 2.98. The van der Waals surface area contributed by atoms with E-state index in [-0.39, 0.29) is 0 Å². The van der Waals surface area contributed by atoms with Crippen LogP contribution in [0.5, 0.6) is 5.75 Å². The number of anilines is 1. The number of aryl methyl sites for hydroxylation is 1. The zero-order chi connectivity index (χ0) is 13.2. The summed E-state index contributed by atoms with van der Waals surface area (Å²) in [4.78, 5) is 4.32. The highest BCUT2D eigenvalue weighted by Gasteiger charge is 2.04. The molecule has 2 aromatic heterocycles. The third kappa shape index (κ3) is 2.38. The SMILES string of the molecule is Cc1cccc(OCc2cnc3ccc(N)cn23)c1. The topological polar surface area (TPSA) is 52.5 Å². The molecule has 19 heavy (non-hydrogen) atoms. The van der Waals surface area contributed by atoms with Crippen LogP contribution in [0, 0.1) is 6.92 Å². The molecule has 0 aliphatic heterocycles. The number of nitrogen functional groups attached to an aromatic ring is 1. The van der Waals surface area contributed by atoms with Gasteiger partial charge < -0.3 is 10.5 Å². The van der Waals surface area contributed by atoms with Crippen molar-refractivity contribution in [2.45, 2.75) is 13.5 Å². The van der Waals surface area contributed by atoms with Gasteiger partial charge in [0.05, 0.1) is 11.9 Å². The molecule has 0 fully saturated rings. The molecule has 0 saturated carbocycles. The van der Waals surface area contributed by atoms with Crippen molar-refractivity contribution in [3.8, 4) is 5.75 Å². The van der Waals surface area contributed by atoms with Gasteiger partial charge in [0.1, 0.15) is 18.0 Å². The van der Waals surface area contributed by atoms with E-state index in [1.165, 1.54) is 5.56 Å². The van der Waals surface area contributed by atoms with Gasteiger partial charge in [0.25, 0.3) is 0 Å². The monoisotopic (exact) mass is 253 g/mol. The Morgan fingerprint density at radius 2 is 2.16 bits per heavy atom. The Balaban J connectivity index is 1.84. The first-order valence-electron chi connectivity index (χ1n) is 6.13. The number of nitrogens with zero attached hydrogens (tertiary/aromatic N) is 2. The Hall–Kier alpha value is -2.49. The minimum Gasteiger partial charge on any atom is -0.487 e. The second-order valence-corrected chi connectivity index (χ2v) is 4.55. The first-order valence-corrected chi connectivity index (χ1v) is 6.13. The molecular formula is C15H15N3O. The normalized spacial score (nSPS) is 10.8. The van der Waals surface area contributed by atoms with Gasteiger partial charge in [-0.2, -0.15) is 0 Å². The fraction of sp³-hybridized carbons (Fsp3) is 0.133. The highest BCUT2D eigenvalue weighted by Crippen LogP contribution is 2.16. The van der Waals surface area contributed by atoms with E-state index >= 15 is 0 Å². The van der Waals surface area contributed by atoms with Gasteiger partial charge in [-0.25, -0.2) is 4.98 Å². The van der Waals surface area contributed by atoms with Crippen LogP contribution < -0.4 is 10.5 Å². The number of ether oxygens (including phenoxy) is 1. The summed E-state index contributed by atoms with van der Waals surface area (Å²) >= 11 is 0. The van der Waals surface area contributed by atoms with Crippen LogP contribution in [-0.2, 0) is 6.61 Å². The second-order valence-electron chi connectivity index (χ2n) is 4.55. The first-order chi connectivity index (χ1) is 9.22. The predicted octanol–water partition coefficient (Wildman–Crippen LogP) is 2.80. The number of hydrogen-bond acceptors (Lipinski definition) is 3. The molecule has 96 valence electrons. The number of fused-ring (bicyclic) bond motifs is 1. The minimum atomic E-state index is 0.466. The molecule has 2 N–H and O–H groups in total. The fourth-order valence-corrected chi connectivity index (χ4v) is 2.02. The zero-order valence-electron chi connectivity index (χ0n) is 10.7.